The van der Waals surface area contributed by atoms with Crippen molar-refractivity contribution < 1.29 is 29.4 Å². The molecule has 0 saturated heterocycles. The summed E-state index contributed by atoms with van der Waals surface area (Å²) in [5.41, 5.74) is 0.339. The zero-order chi connectivity index (χ0) is 23.3. The van der Waals surface area contributed by atoms with Crippen LogP contribution in [0.2, 0.25) is 0 Å². The average molecular weight is 434 g/mol. The Morgan fingerprint density at radius 3 is 2.03 bits per heavy atom. The van der Waals surface area contributed by atoms with Crippen LogP contribution in [-0.4, -0.2) is 58.2 Å². The van der Waals surface area contributed by atoms with E-state index in [2.05, 4.69) is 10.6 Å². The van der Waals surface area contributed by atoms with Crippen molar-refractivity contribution in [1.82, 2.24) is 15.5 Å². The third-order valence-corrected chi connectivity index (χ3v) is 5.70. The first-order valence-electron chi connectivity index (χ1n) is 10.3. The Labute approximate surface area is 181 Å². The summed E-state index contributed by atoms with van der Waals surface area (Å²) >= 11 is 0. The largest absolute Gasteiger partial charge is 0.465 e. The van der Waals surface area contributed by atoms with Crippen molar-refractivity contribution in [2.24, 2.45) is 17.3 Å². The van der Waals surface area contributed by atoms with Crippen LogP contribution in [0.1, 0.15) is 61.3 Å². The molecule has 1 heterocycles. The number of carbonyl (C=O) groups is 4. The number of imide groups is 1. The smallest absolute Gasteiger partial charge is 0.404 e. The predicted molar refractivity (Wildman–Crippen MR) is 114 cm³/mol. The Bertz CT molecular complexity index is 816. The monoisotopic (exact) mass is 433 g/mol. The Hall–Kier alpha value is -3.10. The molecule has 0 bridgehead atoms. The second kappa shape index (κ2) is 9.80. The summed E-state index contributed by atoms with van der Waals surface area (Å²) in [5, 5.41) is 23.1. The molecule has 4 amide bonds. The normalized spacial score (nSPS) is 15.6. The number of carbonyl (C=O) groups excluding carboxylic acids is 2. The molecule has 2 rings (SSSR count). The summed E-state index contributed by atoms with van der Waals surface area (Å²) in [7, 11) is 0. The lowest BCUT2D eigenvalue weighted by molar-refractivity contribution is 0.0577. The van der Waals surface area contributed by atoms with E-state index in [0.29, 0.717) is 24.0 Å². The van der Waals surface area contributed by atoms with E-state index < -0.39 is 18.2 Å². The molecule has 1 aromatic carbocycles. The van der Waals surface area contributed by atoms with E-state index in [9.17, 15) is 24.3 Å². The molecule has 1 aromatic rings. The molecule has 31 heavy (non-hydrogen) atoms. The lowest BCUT2D eigenvalue weighted by Crippen LogP contribution is -2.49. The summed E-state index contributed by atoms with van der Waals surface area (Å²) < 4.78 is 0. The van der Waals surface area contributed by atoms with Crippen LogP contribution in [0.25, 0.3) is 0 Å². The SMILES string of the molecule is CC(C)[C@@H](NC(=O)O)C(CN1C(=O)c2ccccc2C1=O)CC(C)(C)CCNC(=O)O. The number of amides is 4. The van der Waals surface area contributed by atoms with E-state index in [1.165, 1.54) is 4.90 Å². The molecule has 9 nitrogen and oxygen atoms in total. The molecule has 0 spiro atoms. The maximum Gasteiger partial charge on any atom is 0.404 e. The number of hydrogen-bond acceptors (Lipinski definition) is 4. The van der Waals surface area contributed by atoms with Gasteiger partial charge >= 0.3 is 12.2 Å². The highest BCUT2D eigenvalue weighted by molar-refractivity contribution is 6.21. The van der Waals surface area contributed by atoms with Gasteiger partial charge in [0.25, 0.3) is 11.8 Å². The molecule has 1 unspecified atom stereocenters. The van der Waals surface area contributed by atoms with Crippen LogP contribution in [0.15, 0.2) is 24.3 Å². The fourth-order valence-corrected chi connectivity index (χ4v) is 4.24. The Balaban J connectivity index is 2.27. The van der Waals surface area contributed by atoms with Crippen LogP contribution < -0.4 is 10.6 Å². The fraction of sp³-hybridized carbons (Fsp3) is 0.545. The van der Waals surface area contributed by atoms with Crippen LogP contribution in [-0.2, 0) is 0 Å². The van der Waals surface area contributed by atoms with Crippen LogP contribution in [0.3, 0.4) is 0 Å². The molecule has 1 aliphatic rings. The second-order valence-corrected chi connectivity index (χ2v) is 9.10. The standard InChI is InChI=1S/C22H31N3O6/c1-13(2)17(24-21(30)31)14(11-22(3,4)9-10-23-20(28)29)12-25-18(26)15-7-5-6-8-16(15)19(25)27/h5-8,13-14,17,23-24H,9-12H2,1-4H3,(H,28,29)(H,30,31)/t14?,17-/m1/s1. The number of carboxylic acid groups (broad SMARTS) is 2. The summed E-state index contributed by atoms with van der Waals surface area (Å²) in [6.45, 7) is 8.02. The van der Waals surface area contributed by atoms with Gasteiger partial charge in [-0.25, -0.2) is 9.59 Å². The van der Waals surface area contributed by atoms with Gasteiger partial charge in [-0.15, -0.1) is 0 Å². The maximum absolute atomic E-state index is 12.9. The Kier molecular flexibility index (Phi) is 7.65. The van der Waals surface area contributed by atoms with Gasteiger partial charge < -0.3 is 20.8 Å². The molecule has 0 aliphatic carbocycles. The third-order valence-electron chi connectivity index (χ3n) is 5.70. The van der Waals surface area contributed by atoms with Gasteiger partial charge in [-0.2, -0.15) is 0 Å². The van der Waals surface area contributed by atoms with Crippen LogP contribution in [0.5, 0.6) is 0 Å². The van der Waals surface area contributed by atoms with Crippen molar-refractivity contribution in [2.75, 3.05) is 13.1 Å². The summed E-state index contributed by atoms with van der Waals surface area (Å²) in [6, 6.07) is 6.13. The van der Waals surface area contributed by atoms with Gasteiger partial charge in [0.05, 0.1) is 11.1 Å². The minimum absolute atomic E-state index is 0.0747. The maximum atomic E-state index is 12.9. The lowest BCUT2D eigenvalue weighted by Gasteiger charge is -2.37. The molecule has 9 heteroatoms. The third kappa shape index (κ3) is 6.19. The minimum atomic E-state index is -1.17. The minimum Gasteiger partial charge on any atom is -0.465 e. The van der Waals surface area contributed by atoms with Crippen molar-refractivity contribution in [1.29, 1.82) is 0 Å². The van der Waals surface area contributed by atoms with Crippen molar-refractivity contribution >= 4 is 24.0 Å². The summed E-state index contributed by atoms with van der Waals surface area (Å²) in [6.07, 6.45) is -1.26. The Morgan fingerprint density at radius 1 is 1.03 bits per heavy atom. The first-order valence-corrected chi connectivity index (χ1v) is 10.3. The zero-order valence-electron chi connectivity index (χ0n) is 18.3. The van der Waals surface area contributed by atoms with E-state index in [0.717, 1.165) is 0 Å². The first kappa shape index (κ1) is 24.2. The molecule has 4 N–H and O–H groups in total. The molecule has 2 atom stereocenters. The van der Waals surface area contributed by atoms with Crippen LogP contribution in [0.4, 0.5) is 9.59 Å². The zero-order valence-corrected chi connectivity index (χ0v) is 18.3. The molecule has 0 fully saturated rings. The highest BCUT2D eigenvalue weighted by Crippen LogP contribution is 2.34. The van der Waals surface area contributed by atoms with Crippen LogP contribution >= 0.6 is 0 Å². The van der Waals surface area contributed by atoms with Crippen molar-refractivity contribution in [2.45, 2.75) is 46.6 Å². The van der Waals surface area contributed by atoms with Crippen molar-refractivity contribution in [3.05, 3.63) is 35.4 Å². The molecule has 0 saturated carbocycles. The highest BCUT2D eigenvalue weighted by Gasteiger charge is 2.40. The van der Waals surface area contributed by atoms with Crippen molar-refractivity contribution in [3.8, 4) is 0 Å². The van der Waals surface area contributed by atoms with Gasteiger partial charge in [-0.05, 0) is 42.2 Å². The van der Waals surface area contributed by atoms with E-state index >= 15 is 0 Å². The molecule has 0 aromatic heterocycles. The topological polar surface area (TPSA) is 136 Å². The van der Waals surface area contributed by atoms with E-state index in [1.807, 2.05) is 27.7 Å². The van der Waals surface area contributed by atoms with Gasteiger partial charge in [-0.3, -0.25) is 14.5 Å². The van der Waals surface area contributed by atoms with E-state index in [1.54, 1.807) is 24.3 Å². The number of fused-ring (bicyclic) bond motifs is 1. The average Bonchev–Trinajstić information content (AvgIpc) is 2.90. The lowest BCUT2D eigenvalue weighted by atomic mass is 9.75. The van der Waals surface area contributed by atoms with Crippen LogP contribution in [0, 0.1) is 17.3 Å². The van der Waals surface area contributed by atoms with Gasteiger partial charge in [0.2, 0.25) is 0 Å². The molecular weight excluding hydrogens is 402 g/mol. The molecular formula is C22H31N3O6. The van der Waals surface area contributed by atoms with Crippen molar-refractivity contribution in [3.63, 3.8) is 0 Å². The van der Waals surface area contributed by atoms with Gasteiger partial charge in [-0.1, -0.05) is 39.8 Å². The van der Waals surface area contributed by atoms with E-state index in [-0.39, 0.29) is 42.2 Å². The van der Waals surface area contributed by atoms with Gasteiger partial charge in [0.1, 0.15) is 0 Å². The quantitative estimate of drug-likeness (QED) is 0.418. The molecule has 0 radical (unpaired) electrons. The first-order chi connectivity index (χ1) is 14.4. The van der Waals surface area contributed by atoms with Gasteiger partial charge in [0.15, 0.2) is 0 Å². The number of nitrogens with zero attached hydrogens (tertiary/aromatic N) is 1. The van der Waals surface area contributed by atoms with E-state index in [4.69, 9.17) is 5.11 Å². The highest BCUT2D eigenvalue weighted by atomic mass is 16.4. The summed E-state index contributed by atoms with van der Waals surface area (Å²) in [4.78, 5) is 49.1. The molecule has 1 aliphatic heterocycles. The predicted octanol–water partition coefficient (Wildman–Crippen LogP) is 3.27. The Morgan fingerprint density at radius 2 is 1.58 bits per heavy atom. The fourth-order valence-electron chi connectivity index (χ4n) is 4.24. The number of hydrogen-bond donors (Lipinski definition) is 4. The molecule has 170 valence electrons. The van der Waals surface area contributed by atoms with Gasteiger partial charge in [0, 0.05) is 19.1 Å². The number of rotatable bonds is 10. The number of nitrogens with one attached hydrogen (secondary N) is 2. The second-order valence-electron chi connectivity index (χ2n) is 9.10. The number of benzene rings is 1. The summed E-state index contributed by atoms with van der Waals surface area (Å²) in [5.74, 6) is -1.19.